The van der Waals surface area contributed by atoms with Crippen LogP contribution in [0.4, 0.5) is 22.9 Å². The Hall–Kier alpha value is -3.32. The third-order valence-electron chi connectivity index (χ3n) is 3.09. The first kappa shape index (κ1) is 13.7. The van der Waals surface area contributed by atoms with E-state index in [4.69, 9.17) is 5.26 Å². The monoisotopic (exact) mass is 286 g/mol. The molecule has 0 aliphatic carbocycles. The fourth-order valence-electron chi connectivity index (χ4n) is 2.04. The Morgan fingerprint density at radius 1 is 0.773 bits per heavy atom. The standard InChI is InChI=1S/C18H14N4/c19-12-14-9-10-18(20-13-14)22-17-8-4-7-16(11-17)21-15-5-2-1-3-6-15/h1-11,13,21H,(H,20,22). The smallest absolute Gasteiger partial charge is 0.130 e. The van der Waals surface area contributed by atoms with E-state index in [-0.39, 0.29) is 0 Å². The van der Waals surface area contributed by atoms with Gasteiger partial charge in [0.15, 0.2) is 0 Å². The van der Waals surface area contributed by atoms with Gasteiger partial charge < -0.3 is 10.6 Å². The zero-order valence-electron chi connectivity index (χ0n) is 11.8. The van der Waals surface area contributed by atoms with Crippen LogP contribution >= 0.6 is 0 Å². The summed E-state index contributed by atoms with van der Waals surface area (Å²) in [6, 6.07) is 23.5. The number of hydrogen-bond acceptors (Lipinski definition) is 4. The van der Waals surface area contributed by atoms with Gasteiger partial charge in [-0.25, -0.2) is 4.98 Å². The van der Waals surface area contributed by atoms with Crippen molar-refractivity contribution in [2.45, 2.75) is 0 Å². The van der Waals surface area contributed by atoms with Crippen LogP contribution in [0.3, 0.4) is 0 Å². The molecule has 22 heavy (non-hydrogen) atoms. The van der Waals surface area contributed by atoms with Crippen molar-refractivity contribution in [2.24, 2.45) is 0 Å². The van der Waals surface area contributed by atoms with E-state index in [0.717, 1.165) is 17.1 Å². The molecule has 3 aromatic rings. The molecule has 0 amide bonds. The normalized spacial score (nSPS) is 9.77. The van der Waals surface area contributed by atoms with Crippen LogP contribution in [0.25, 0.3) is 0 Å². The Balaban J connectivity index is 1.74. The number of nitriles is 1. The molecule has 4 nitrogen and oxygen atoms in total. The number of aromatic nitrogens is 1. The molecule has 0 aliphatic heterocycles. The van der Waals surface area contributed by atoms with Crippen molar-refractivity contribution in [2.75, 3.05) is 10.6 Å². The van der Waals surface area contributed by atoms with Gasteiger partial charge in [0.1, 0.15) is 11.9 Å². The first-order valence-electron chi connectivity index (χ1n) is 6.89. The van der Waals surface area contributed by atoms with Gasteiger partial charge in [0.25, 0.3) is 0 Å². The second kappa shape index (κ2) is 6.42. The van der Waals surface area contributed by atoms with Gasteiger partial charge >= 0.3 is 0 Å². The Kier molecular flexibility index (Phi) is 3.98. The molecule has 0 bridgehead atoms. The summed E-state index contributed by atoms with van der Waals surface area (Å²) in [7, 11) is 0. The molecule has 1 heterocycles. The molecular formula is C18H14N4. The Morgan fingerprint density at radius 3 is 2.18 bits per heavy atom. The van der Waals surface area contributed by atoms with Gasteiger partial charge in [-0.15, -0.1) is 0 Å². The number of para-hydroxylation sites is 1. The molecular weight excluding hydrogens is 272 g/mol. The molecule has 0 aliphatic rings. The Bertz CT molecular complexity index is 789. The number of benzene rings is 2. The van der Waals surface area contributed by atoms with Crippen molar-refractivity contribution in [3.8, 4) is 6.07 Å². The maximum absolute atomic E-state index is 8.78. The highest BCUT2D eigenvalue weighted by Gasteiger charge is 1.99. The fourth-order valence-corrected chi connectivity index (χ4v) is 2.04. The zero-order chi connectivity index (χ0) is 15.2. The maximum atomic E-state index is 8.78. The number of nitrogens with one attached hydrogen (secondary N) is 2. The van der Waals surface area contributed by atoms with Gasteiger partial charge in [-0.1, -0.05) is 24.3 Å². The number of rotatable bonds is 4. The highest BCUT2D eigenvalue weighted by atomic mass is 15.0. The van der Waals surface area contributed by atoms with Crippen LogP contribution in [0, 0.1) is 11.3 Å². The quantitative estimate of drug-likeness (QED) is 0.744. The molecule has 2 N–H and O–H groups in total. The largest absolute Gasteiger partial charge is 0.355 e. The van der Waals surface area contributed by atoms with E-state index in [1.54, 1.807) is 18.3 Å². The minimum Gasteiger partial charge on any atom is -0.355 e. The van der Waals surface area contributed by atoms with Crippen LogP contribution in [-0.2, 0) is 0 Å². The summed E-state index contributed by atoms with van der Waals surface area (Å²) < 4.78 is 0. The van der Waals surface area contributed by atoms with Crippen LogP contribution in [-0.4, -0.2) is 4.98 Å². The van der Waals surface area contributed by atoms with E-state index in [9.17, 15) is 0 Å². The van der Waals surface area contributed by atoms with Crippen molar-refractivity contribution >= 4 is 22.9 Å². The Labute approximate surface area is 129 Å². The zero-order valence-corrected chi connectivity index (χ0v) is 11.8. The Morgan fingerprint density at radius 2 is 1.50 bits per heavy atom. The molecule has 0 saturated heterocycles. The van der Waals surface area contributed by atoms with E-state index >= 15 is 0 Å². The summed E-state index contributed by atoms with van der Waals surface area (Å²) in [5.41, 5.74) is 3.50. The van der Waals surface area contributed by atoms with E-state index in [0.29, 0.717) is 11.4 Å². The average molecular weight is 286 g/mol. The first-order chi connectivity index (χ1) is 10.8. The van der Waals surface area contributed by atoms with Crippen LogP contribution in [0.5, 0.6) is 0 Å². The van der Waals surface area contributed by atoms with Gasteiger partial charge in [0.05, 0.1) is 5.56 Å². The summed E-state index contributed by atoms with van der Waals surface area (Å²) in [6.07, 6.45) is 1.55. The minimum absolute atomic E-state index is 0.546. The number of anilines is 4. The molecule has 0 atom stereocenters. The topological polar surface area (TPSA) is 60.7 Å². The van der Waals surface area contributed by atoms with Crippen molar-refractivity contribution in [1.29, 1.82) is 5.26 Å². The number of pyridine rings is 1. The van der Waals surface area contributed by atoms with Crippen LogP contribution < -0.4 is 10.6 Å². The molecule has 0 spiro atoms. The van der Waals surface area contributed by atoms with E-state index in [1.165, 1.54) is 0 Å². The van der Waals surface area contributed by atoms with Crippen molar-refractivity contribution in [1.82, 2.24) is 4.98 Å². The first-order valence-corrected chi connectivity index (χ1v) is 6.89. The molecule has 0 unspecified atom stereocenters. The van der Waals surface area contributed by atoms with Gasteiger partial charge in [-0.05, 0) is 42.5 Å². The molecule has 0 fully saturated rings. The molecule has 0 saturated carbocycles. The number of nitrogens with zero attached hydrogens (tertiary/aromatic N) is 2. The van der Waals surface area contributed by atoms with Crippen molar-refractivity contribution in [3.05, 3.63) is 78.5 Å². The lowest BCUT2D eigenvalue weighted by atomic mass is 10.2. The van der Waals surface area contributed by atoms with Crippen LogP contribution in [0.1, 0.15) is 5.56 Å². The molecule has 106 valence electrons. The predicted molar refractivity (Wildman–Crippen MR) is 88.4 cm³/mol. The lowest BCUT2D eigenvalue weighted by Gasteiger charge is -2.10. The summed E-state index contributed by atoms with van der Waals surface area (Å²) in [4.78, 5) is 4.20. The summed E-state index contributed by atoms with van der Waals surface area (Å²) >= 11 is 0. The van der Waals surface area contributed by atoms with Crippen molar-refractivity contribution < 1.29 is 0 Å². The lowest BCUT2D eigenvalue weighted by Crippen LogP contribution is -1.95. The van der Waals surface area contributed by atoms with E-state index < -0.39 is 0 Å². The maximum Gasteiger partial charge on any atom is 0.130 e. The van der Waals surface area contributed by atoms with Crippen LogP contribution in [0.15, 0.2) is 72.9 Å². The fraction of sp³-hybridized carbons (Fsp3) is 0. The SMILES string of the molecule is N#Cc1ccc(Nc2cccc(Nc3ccccc3)c2)nc1. The molecule has 1 aromatic heterocycles. The number of hydrogen-bond donors (Lipinski definition) is 2. The third-order valence-corrected chi connectivity index (χ3v) is 3.09. The van der Waals surface area contributed by atoms with E-state index in [1.807, 2.05) is 54.6 Å². The predicted octanol–water partition coefficient (Wildman–Crippen LogP) is 4.44. The van der Waals surface area contributed by atoms with Gasteiger partial charge in [-0.3, -0.25) is 0 Å². The second-order valence-corrected chi connectivity index (χ2v) is 4.74. The average Bonchev–Trinajstić information content (AvgIpc) is 2.57. The highest BCUT2D eigenvalue weighted by Crippen LogP contribution is 2.22. The lowest BCUT2D eigenvalue weighted by molar-refractivity contribution is 1.29. The molecule has 0 radical (unpaired) electrons. The molecule has 4 heteroatoms. The molecule has 3 rings (SSSR count). The van der Waals surface area contributed by atoms with Gasteiger partial charge in [0, 0.05) is 23.3 Å². The minimum atomic E-state index is 0.546. The molecule has 2 aromatic carbocycles. The summed E-state index contributed by atoms with van der Waals surface area (Å²) in [5.74, 6) is 0.705. The third kappa shape index (κ3) is 3.41. The van der Waals surface area contributed by atoms with Gasteiger partial charge in [0.2, 0.25) is 0 Å². The van der Waals surface area contributed by atoms with Gasteiger partial charge in [-0.2, -0.15) is 5.26 Å². The van der Waals surface area contributed by atoms with Crippen molar-refractivity contribution in [3.63, 3.8) is 0 Å². The highest BCUT2D eigenvalue weighted by molar-refractivity contribution is 5.67. The van der Waals surface area contributed by atoms with Crippen LogP contribution in [0.2, 0.25) is 0 Å². The second-order valence-electron chi connectivity index (χ2n) is 4.74. The summed E-state index contributed by atoms with van der Waals surface area (Å²) in [6.45, 7) is 0. The summed E-state index contributed by atoms with van der Waals surface area (Å²) in [5, 5.41) is 15.3. The van der Waals surface area contributed by atoms with E-state index in [2.05, 4.69) is 21.7 Å².